The van der Waals surface area contributed by atoms with Crippen molar-refractivity contribution in [1.82, 2.24) is 9.80 Å². The van der Waals surface area contributed by atoms with Crippen molar-refractivity contribution >= 4 is 28.2 Å². The Balaban J connectivity index is 1.52. The number of thiophene rings is 1. The van der Waals surface area contributed by atoms with E-state index in [0.717, 1.165) is 42.2 Å². The highest BCUT2D eigenvalue weighted by atomic mass is 32.1. The van der Waals surface area contributed by atoms with Crippen LogP contribution >= 0.6 is 11.3 Å². The second-order valence-corrected chi connectivity index (χ2v) is 8.66. The average molecular weight is 434 g/mol. The fraction of sp³-hybridized carbons (Fsp3) is 0.455. The molecule has 1 aliphatic rings. The van der Waals surface area contributed by atoms with Crippen molar-refractivity contribution in [3.8, 4) is 0 Å². The largest absolute Gasteiger partial charge is 0.462 e. The SMILES string of the molecule is CCOC(=O)c1c(NC(=O)CN2CCN(Cc3cccc(F)c3)CC2)sc(C)c1C. The molecule has 0 radical (unpaired) electrons. The molecule has 1 fully saturated rings. The maximum absolute atomic E-state index is 13.4. The van der Waals surface area contributed by atoms with Gasteiger partial charge in [-0.3, -0.25) is 14.6 Å². The molecule has 0 aliphatic carbocycles. The molecule has 0 spiro atoms. The summed E-state index contributed by atoms with van der Waals surface area (Å²) in [6.45, 7) is 9.97. The fourth-order valence-corrected chi connectivity index (χ4v) is 4.60. The highest BCUT2D eigenvalue weighted by molar-refractivity contribution is 7.16. The number of rotatable bonds is 7. The number of ether oxygens (including phenoxy) is 1. The molecule has 1 saturated heterocycles. The third-order valence-corrected chi connectivity index (χ3v) is 6.37. The van der Waals surface area contributed by atoms with Crippen LogP contribution in [0.2, 0.25) is 0 Å². The van der Waals surface area contributed by atoms with Gasteiger partial charge in [-0.15, -0.1) is 11.3 Å². The van der Waals surface area contributed by atoms with Crippen molar-refractivity contribution in [2.75, 3.05) is 44.6 Å². The lowest BCUT2D eigenvalue weighted by Crippen LogP contribution is -2.48. The van der Waals surface area contributed by atoms with Gasteiger partial charge >= 0.3 is 5.97 Å². The molecular weight excluding hydrogens is 405 g/mol. The summed E-state index contributed by atoms with van der Waals surface area (Å²) in [5.41, 5.74) is 2.25. The molecule has 162 valence electrons. The molecule has 1 aromatic carbocycles. The third kappa shape index (κ3) is 5.65. The van der Waals surface area contributed by atoms with E-state index < -0.39 is 5.97 Å². The lowest BCUT2D eigenvalue weighted by molar-refractivity contribution is -0.117. The molecule has 0 atom stereocenters. The lowest BCUT2D eigenvalue weighted by atomic mass is 10.1. The van der Waals surface area contributed by atoms with E-state index in [1.54, 1.807) is 19.1 Å². The standard InChI is InChI=1S/C22H28FN3O3S/c1-4-29-22(28)20-15(2)16(3)30-21(20)24-19(27)14-26-10-8-25(9-11-26)13-17-6-5-7-18(23)12-17/h5-7,12H,4,8-11,13-14H2,1-3H3,(H,24,27). The molecule has 1 aliphatic heterocycles. The molecule has 1 amide bonds. The number of halogens is 1. The number of aryl methyl sites for hydroxylation is 1. The molecule has 6 nitrogen and oxygen atoms in total. The summed E-state index contributed by atoms with van der Waals surface area (Å²) in [6.07, 6.45) is 0. The first-order valence-electron chi connectivity index (χ1n) is 10.1. The van der Waals surface area contributed by atoms with Crippen molar-refractivity contribution < 1.29 is 18.7 Å². The predicted octanol–water partition coefficient (Wildman–Crippen LogP) is 3.44. The molecule has 2 heterocycles. The quantitative estimate of drug-likeness (QED) is 0.678. The van der Waals surface area contributed by atoms with E-state index in [-0.39, 0.29) is 18.3 Å². The average Bonchev–Trinajstić information content (AvgIpc) is 2.97. The van der Waals surface area contributed by atoms with Gasteiger partial charge < -0.3 is 10.1 Å². The zero-order valence-electron chi connectivity index (χ0n) is 17.7. The van der Waals surface area contributed by atoms with Crippen LogP contribution < -0.4 is 5.32 Å². The van der Waals surface area contributed by atoms with Gasteiger partial charge in [0.05, 0.1) is 18.7 Å². The van der Waals surface area contributed by atoms with Crippen LogP contribution in [-0.4, -0.2) is 61.0 Å². The fourth-order valence-electron chi connectivity index (χ4n) is 3.53. The summed E-state index contributed by atoms with van der Waals surface area (Å²) in [4.78, 5) is 30.2. The number of hydrogen-bond donors (Lipinski definition) is 1. The van der Waals surface area contributed by atoms with Gasteiger partial charge in [0, 0.05) is 37.6 Å². The van der Waals surface area contributed by atoms with Gasteiger partial charge in [-0.25, -0.2) is 9.18 Å². The Hall–Kier alpha value is -2.29. The Morgan fingerprint density at radius 1 is 1.17 bits per heavy atom. The molecule has 0 saturated carbocycles. The highest BCUT2D eigenvalue weighted by Crippen LogP contribution is 2.33. The van der Waals surface area contributed by atoms with Crippen molar-refractivity contribution in [2.45, 2.75) is 27.3 Å². The van der Waals surface area contributed by atoms with Gasteiger partial charge in [0.1, 0.15) is 10.8 Å². The van der Waals surface area contributed by atoms with Crippen LogP contribution in [0.5, 0.6) is 0 Å². The molecular formula is C22H28FN3O3S. The van der Waals surface area contributed by atoms with Crippen LogP contribution in [0.15, 0.2) is 24.3 Å². The Morgan fingerprint density at radius 3 is 2.53 bits per heavy atom. The number of esters is 1. The number of nitrogens with one attached hydrogen (secondary N) is 1. The van der Waals surface area contributed by atoms with Gasteiger partial charge in [-0.05, 0) is 44.0 Å². The number of piperazine rings is 1. The van der Waals surface area contributed by atoms with Crippen LogP contribution in [0.3, 0.4) is 0 Å². The summed E-state index contributed by atoms with van der Waals surface area (Å²) >= 11 is 1.40. The molecule has 2 aromatic rings. The normalized spacial score (nSPS) is 15.2. The summed E-state index contributed by atoms with van der Waals surface area (Å²) < 4.78 is 18.5. The first-order valence-corrected chi connectivity index (χ1v) is 10.9. The maximum Gasteiger partial charge on any atom is 0.341 e. The monoisotopic (exact) mass is 433 g/mol. The van der Waals surface area contributed by atoms with E-state index in [0.29, 0.717) is 23.7 Å². The van der Waals surface area contributed by atoms with Crippen LogP contribution in [-0.2, 0) is 16.1 Å². The maximum atomic E-state index is 13.4. The minimum absolute atomic E-state index is 0.139. The number of amides is 1. The first-order chi connectivity index (χ1) is 14.4. The summed E-state index contributed by atoms with van der Waals surface area (Å²) in [7, 11) is 0. The van der Waals surface area contributed by atoms with E-state index in [1.807, 2.05) is 19.9 Å². The molecule has 0 unspecified atom stereocenters. The van der Waals surface area contributed by atoms with Crippen molar-refractivity contribution in [3.05, 3.63) is 51.7 Å². The van der Waals surface area contributed by atoms with Crippen LogP contribution in [0.25, 0.3) is 0 Å². The van der Waals surface area contributed by atoms with Crippen molar-refractivity contribution in [3.63, 3.8) is 0 Å². The molecule has 30 heavy (non-hydrogen) atoms. The van der Waals surface area contributed by atoms with Crippen molar-refractivity contribution in [1.29, 1.82) is 0 Å². The lowest BCUT2D eigenvalue weighted by Gasteiger charge is -2.34. The zero-order chi connectivity index (χ0) is 21.7. The predicted molar refractivity (Wildman–Crippen MR) is 116 cm³/mol. The van der Waals surface area contributed by atoms with Gasteiger partial charge in [-0.2, -0.15) is 0 Å². The van der Waals surface area contributed by atoms with Gasteiger partial charge in [0.25, 0.3) is 0 Å². The number of carbonyl (C=O) groups is 2. The van der Waals surface area contributed by atoms with Crippen LogP contribution in [0.1, 0.15) is 33.3 Å². The van der Waals surface area contributed by atoms with E-state index in [9.17, 15) is 14.0 Å². The van der Waals surface area contributed by atoms with E-state index in [4.69, 9.17) is 4.74 Å². The first kappa shape index (κ1) is 22.4. The Morgan fingerprint density at radius 2 is 1.87 bits per heavy atom. The molecule has 0 bridgehead atoms. The Labute approximate surface area is 180 Å². The molecule has 8 heteroatoms. The number of anilines is 1. The number of nitrogens with zero attached hydrogens (tertiary/aromatic N) is 2. The molecule has 1 N–H and O–H groups in total. The second-order valence-electron chi connectivity index (χ2n) is 7.44. The Kier molecular flexibility index (Phi) is 7.58. The topological polar surface area (TPSA) is 61.9 Å². The minimum Gasteiger partial charge on any atom is -0.462 e. The minimum atomic E-state index is -0.402. The smallest absolute Gasteiger partial charge is 0.341 e. The van der Waals surface area contributed by atoms with E-state index in [1.165, 1.54) is 17.4 Å². The second kappa shape index (κ2) is 10.1. The van der Waals surface area contributed by atoms with Gasteiger partial charge in [-0.1, -0.05) is 12.1 Å². The summed E-state index contributed by atoms with van der Waals surface area (Å²) in [6, 6.07) is 6.66. The van der Waals surface area contributed by atoms with Gasteiger partial charge in [0.2, 0.25) is 5.91 Å². The summed E-state index contributed by atoms with van der Waals surface area (Å²) in [5.74, 6) is -0.759. The highest BCUT2D eigenvalue weighted by Gasteiger charge is 2.24. The zero-order valence-corrected chi connectivity index (χ0v) is 18.5. The molecule has 3 rings (SSSR count). The van der Waals surface area contributed by atoms with Crippen LogP contribution in [0, 0.1) is 19.7 Å². The number of carbonyl (C=O) groups excluding carboxylic acids is 2. The van der Waals surface area contributed by atoms with Crippen molar-refractivity contribution in [2.24, 2.45) is 0 Å². The molecule has 1 aromatic heterocycles. The number of benzene rings is 1. The van der Waals surface area contributed by atoms with Crippen LogP contribution in [0.4, 0.5) is 9.39 Å². The van der Waals surface area contributed by atoms with Gasteiger partial charge in [0.15, 0.2) is 0 Å². The van der Waals surface area contributed by atoms with E-state index >= 15 is 0 Å². The van der Waals surface area contributed by atoms with E-state index in [2.05, 4.69) is 15.1 Å². The number of hydrogen-bond acceptors (Lipinski definition) is 6. The summed E-state index contributed by atoms with van der Waals surface area (Å²) in [5, 5.41) is 3.45. The third-order valence-electron chi connectivity index (χ3n) is 5.25. The Bertz CT molecular complexity index is 907.